The number of carbonyl (C=O) groups excluding carboxylic acids is 1. The highest BCUT2D eigenvalue weighted by molar-refractivity contribution is 6.07. The van der Waals surface area contributed by atoms with Crippen molar-refractivity contribution in [1.82, 2.24) is 9.88 Å². The van der Waals surface area contributed by atoms with Crippen molar-refractivity contribution >= 4 is 11.9 Å². The molecule has 140 valence electrons. The number of pyridine rings is 1. The zero-order valence-electron chi connectivity index (χ0n) is 16.1. The molecule has 6 heteroatoms. The van der Waals surface area contributed by atoms with Gasteiger partial charge in [0.1, 0.15) is 5.75 Å². The smallest absolute Gasteiger partial charge is 0.261 e. The van der Waals surface area contributed by atoms with Gasteiger partial charge in [-0.2, -0.15) is 0 Å². The van der Waals surface area contributed by atoms with Crippen molar-refractivity contribution in [3.05, 3.63) is 47.8 Å². The van der Waals surface area contributed by atoms with Crippen LogP contribution < -0.4 is 10.5 Å². The second kappa shape index (κ2) is 5.81. The molecule has 27 heavy (non-hydrogen) atoms. The fourth-order valence-corrected chi connectivity index (χ4v) is 4.34. The first kappa shape index (κ1) is 17.5. The zero-order chi connectivity index (χ0) is 19.4. The highest BCUT2D eigenvalue weighted by atomic mass is 16.5. The normalized spacial score (nSPS) is 23.3. The van der Waals surface area contributed by atoms with E-state index in [-0.39, 0.29) is 17.3 Å². The number of nitrogens with two attached hydrogens (primary N) is 1. The van der Waals surface area contributed by atoms with Crippen molar-refractivity contribution < 1.29 is 9.53 Å². The molecule has 0 fully saturated rings. The maximum absolute atomic E-state index is 13.2. The Kier molecular flexibility index (Phi) is 3.77. The number of guanidine groups is 1. The fraction of sp³-hybridized carbons (Fsp3) is 0.381. The van der Waals surface area contributed by atoms with Gasteiger partial charge in [-0.05, 0) is 47.1 Å². The first-order valence-electron chi connectivity index (χ1n) is 9.02. The van der Waals surface area contributed by atoms with Crippen LogP contribution in [0.1, 0.15) is 31.4 Å². The van der Waals surface area contributed by atoms with Crippen molar-refractivity contribution in [2.75, 3.05) is 14.2 Å². The second-order valence-corrected chi connectivity index (χ2v) is 8.20. The Balaban J connectivity index is 1.90. The molecule has 0 saturated heterocycles. The van der Waals surface area contributed by atoms with Crippen molar-refractivity contribution in [3.63, 3.8) is 0 Å². The summed E-state index contributed by atoms with van der Waals surface area (Å²) in [4.78, 5) is 23.6. The predicted molar refractivity (Wildman–Crippen MR) is 104 cm³/mol. The number of carbonyl (C=O) groups is 1. The van der Waals surface area contributed by atoms with Crippen molar-refractivity contribution in [2.45, 2.75) is 32.2 Å². The minimum atomic E-state index is -0.946. The number of rotatable bonds is 2. The molecule has 2 aliphatic rings. The van der Waals surface area contributed by atoms with E-state index in [2.05, 4.69) is 42.0 Å². The van der Waals surface area contributed by atoms with Gasteiger partial charge in [0.2, 0.25) is 0 Å². The standard InChI is InChI=1S/C21H24N4O2/c1-20(2)9-14-6-5-13(15-7-16(27-4)11-23-10-15)8-17(14)21(12-20)18(26)25(3)19(22)24-21/h5-8,10-11H,9,12H2,1-4H3,(H2,22,24). The molecule has 1 aromatic heterocycles. The van der Waals surface area contributed by atoms with Crippen LogP contribution in [0, 0.1) is 5.41 Å². The summed E-state index contributed by atoms with van der Waals surface area (Å²) in [6.07, 6.45) is 5.00. The molecule has 2 N–H and O–H groups in total. The first-order chi connectivity index (χ1) is 12.8. The van der Waals surface area contributed by atoms with Gasteiger partial charge in [-0.15, -0.1) is 0 Å². The third-order valence-electron chi connectivity index (χ3n) is 5.55. The van der Waals surface area contributed by atoms with Crippen molar-refractivity contribution in [2.24, 2.45) is 16.1 Å². The summed E-state index contributed by atoms with van der Waals surface area (Å²) in [5.74, 6) is 0.909. The summed E-state index contributed by atoms with van der Waals surface area (Å²) < 4.78 is 5.29. The first-order valence-corrected chi connectivity index (χ1v) is 9.02. The van der Waals surface area contributed by atoms with Crippen LogP contribution >= 0.6 is 0 Å². The lowest BCUT2D eigenvalue weighted by Gasteiger charge is -2.41. The molecule has 1 aromatic carbocycles. The lowest BCUT2D eigenvalue weighted by Crippen LogP contribution is -2.46. The van der Waals surface area contributed by atoms with Crippen LogP contribution in [0.5, 0.6) is 5.75 Å². The molecule has 6 nitrogen and oxygen atoms in total. The maximum Gasteiger partial charge on any atom is 0.261 e. The lowest BCUT2D eigenvalue weighted by atomic mass is 9.65. The Morgan fingerprint density at radius 3 is 2.63 bits per heavy atom. The molecule has 1 spiro atoms. The Hall–Kier alpha value is -2.89. The highest BCUT2D eigenvalue weighted by Crippen LogP contribution is 2.50. The predicted octanol–water partition coefficient (Wildman–Crippen LogP) is 2.71. The molecule has 0 radical (unpaired) electrons. The van der Waals surface area contributed by atoms with Gasteiger partial charge in [0.25, 0.3) is 5.91 Å². The summed E-state index contributed by atoms with van der Waals surface area (Å²) >= 11 is 0. The van der Waals surface area contributed by atoms with Gasteiger partial charge in [-0.1, -0.05) is 26.0 Å². The number of fused-ring (bicyclic) bond motifs is 2. The SMILES string of the molecule is COc1cncc(-c2ccc3c(c2)C2(CC(C)(C)C3)N=C(N)N(C)C2=O)c1. The summed E-state index contributed by atoms with van der Waals surface area (Å²) in [6.45, 7) is 4.35. The molecule has 4 rings (SSSR count). The van der Waals surface area contributed by atoms with E-state index in [4.69, 9.17) is 10.5 Å². The van der Waals surface area contributed by atoms with Gasteiger partial charge in [0.15, 0.2) is 11.5 Å². The van der Waals surface area contributed by atoms with Crippen molar-refractivity contribution in [3.8, 4) is 16.9 Å². The van der Waals surface area contributed by atoms with Crippen LogP contribution in [0.2, 0.25) is 0 Å². The quantitative estimate of drug-likeness (QED) is 0.888. The molecule has 1 atom stereocenters. The van der Waals surface area contributed by atoms with Gasteiger partial charge in [0, 0.05) is 18.8 Å². The molecular formula is C21H24N4O2. The second-order valence-electron chi connectivity index (χ2n) is 8.20. The monoisotopic (exact) mass is 364 g/mol. The number of hydrogen-bond acceptors (Lipinski definition) is 5. The third kappa shape index (κ3) is 2.67. The minimum Gasteiger partial charge on any atom is -0.495 e. The Labute approximate surface area is 159 Å². The minimum absolute atomic E-state index is 0.0450. The zero-order valence-corrected chi connectivity index (χ0v) is 16.1. The number of methoxy groups -OCH3 is 1. The number of amides is 1. The third-order valence-corrected chi connectivity index (χ3v) is 5.55. The van der Waals surface area contributed by atoms with Crippen LogP contribution in [-0.4, -0.2) is 35.9 Å². The fourth-order valence-electron chi connectivity index (χ4n) is 4.34. The molecule has 0 bridgehead atoms. The van der Waals surface area contributed by atoms with Gasteiger partial charge < -0.3 is 10.5 Å². The molecule has 1 aliphatic carbocycles. The molecule has 2 aromatic rings. The molecule has 0 saturated carbocycles. The lowest BCUT2D eigenvalue weighted by molar-refractivity contribution is -0.132. The summed E-state index contributed by atoms with van der Waals surface area (Å²) in [7, 11) is 3.31. The number of aliphatic imine (C=N–C) groups is 1. The van der Waals surface area contributed by atoms with Gasteiger partial charge in [0.05, 0.1) is 13.3 Å². The highest BCUT2D eigenvalue weighted by Gasteiger charge is 2.54. The van der Waals surface area contributed by atoms with E-state index in [9.17, 15) is 4.79 Å². The topological polar surface area (TPSA) is 80.8 Å². The number of aromatic nitrogens is 1. The van der Waals surface area contributed by atoms with Gasteiger partial charge in [-0.3, -0.25) is 14.7 Å². The van der Waals surface area contributed by atoms with E-state index >= 15 is 0 Å². The van der Waals surface area contributed by atoms with Crippen LogP contribution in [0.4, 0.5) is 0 Å². The summed E-state index contributed by atoms with van der Waals surface area (Å²) in [5, 5.41) is 0. The Morgan fingerprint density at radius 1 is 1.19 bits per heavy atom. The number of benzene rings is 1. The number of likely N-dealkylation sites (N-methyl/N-ethyl adjacent to an activating group) is 1. The van der Waals surface area contributed by atoms with E-state index in [1.165, 1.54) is 4.90 Å². The summed E-state index contributed by atoms with van der Waals surface area (Å²) in [5.41, 5.74) is 9.05. The Bertz CT molecular complexity index is 966. The van der Waals surface area contributed by atoms with Crippen LogP contribution in [0.3, 0.4) is 0 Å². The average Bonchev–Trinajstić information content (AvgIpc) is 2.85. The van der Waals surface area contributed by atoms with Gasteiger partial charge in [-0.25, -0.2) is 4.99 Å². The van der Waals surface area contributed by atoms with E-state index in [0.29, 0.717) is 12.2 Å². The van der Waals surface area contributed by atoms with E-state index < -0.39 is 5.54 Å². The molecule has 1 unspecified atom stereocenters. The largest absolute Gasteiger partial charge is 0.495 e. The number of ether oxygens (including phenoxy) is 1. The van der Waals surface area contributed by atoms with Crippen molar-refractivity contribution in [1.29, 1.82) is 0 Å². The van der Waals surface area contributed by atoms with E-state index in [0.717, 1.165) is 28.7 Å². The maximum atomic E-state index is 13.2. The molecular weight excluding hydrogens is 340 g/mol. The van der Waals surface area contributed by atoms with Crippen LogP contribution in [-0.2, 0) is 16.8 Å². The Morgan fingerprint density at radius 2 is 1.96 bits per heavy atom. The summed E-state index contributed by atoms with van der Waals surface area (Å²) in [6, 6.07) is 8.17. The van der Waals surface area contributed by atoms with E-state index in [1.807, 2.05) is 6.07 Å². The average molecular weight is 364 g/mol. The molecule has 1 aliphatic heterocycles. The molecule has 1 amide bonds. The van der Waals surface area contributed by atoms with E-state index in [1.54, 1.807) is 26.6 Å². The van der Waals surface area contributed by atoms with Crippen LogP contribution in [0.15, 0.2) is 41.7 Å². The molecule has 2 heterocycles. The van der Waals surface area contributed by atoms with Crippen LogP contribution in [0.25, 0.3) is 11.1 Å². The number of hydrogen-bond donors (Lipinski definition) is 1. The van der Waals surface area contributed by atoms with Gasteiger partial charge >= 0.3 is 0 Å². The number of nitrogens with zero attached hydrogens (tertiary/aromatic N) is 3.